The van der Waals surface area contributed by atoms with E-state index in [1.54, 1.807) is 12.1 Å². The van der Waals surface area contributed by atoms with E-state index in [0.29, 0.717) is 24.9 Å². The second kappa shape index (κ2) is 9.66. The van der Waals surface area contributed by atoms with Crippen molar-refractivity contribution in [2.45, 2.75) is 53.0 Å². The Hall–Kier alpha value is -1.42. The van der Waals surface area contributed by atoms with Crippen LogP contribution < -0.4 is 5.32 Å². The van der Waals surface area contributed by atoms with E-state index in [1.165, 1.54) is 12.1 Å². The van der Waals surface area contributed by atoms with Crippen molar-refractivity contribution in [3.8, 4) is 0 Å². The van der Waals surface area contributed by atoms with Gasteiger partial charge in [-0.3, -0.25) is 9.69 Å². The Labute approximate surface area is 140 Å². The smallest absolute Gasteiger partial charge is 0.220 e. The minimum atomic E-state index is -0.242. The molecule has 0 saturated heterocycles. The van der Waals surface area contributed by atoms with Gasteiger partial charge in [0, 0.05) is 19.0 Å². The van der Waals surface area contributed by atoms with Crippen LogP contribution in [0.5, 0.6) is 0 Å². The number of hydrogen-bond donors (Lipinski definition) is 1. The van der Waals surface area contributed by atoms with Crippen LogP contribution in [0.3, 0.4) is 0 Å². The normalized spacial score (nSPS) is 14.1. The first-order valence-corrected chi connectivity index (χ1v) is 8.65. The summed E-state index contributed by atoms with van der Waals surface area (Å²) in [6.45, 7) is 13.2. The molecule has 2 unspecified atom stereocenters. The molecule has 0 bridgehead atoms. The van der Waals surface area contributed by atoms with Gasteiger partial charge in [-0.2, -0.15) is 0 Å². The molecule has 0 fully saturated rings. The number of nitrogens with one attached hydrogen (secondary N) is 1. The maximum absolute atomic E-state index is 13.1. The van der Waals surface area contributed by atoms with E-state index in [1.807, 2.05) is 0 Å². The lowest BCUT2D eigenvalue weighted by Gasteiger charge is -2.27. The average Bonchev–Trinajstić information content (AvgIpc) is 2.52. The Morgan fingerprint density at radius 1 is 1.13 bits per heavy atom. The first kappa shape index (κ1) is 19.6. The van der Waals surface area contributed by atoms with E-state index in [0.717, 1.165) is 18.7 Å². The fourth-order valence-electron chi connectivity index (χ4n) is 2.96. The molecule has 3 nitrogen and oxygen atoms in total. The molecule has 1 amide bonds. The van der Waals surface area contributed by atoms with Gasteiger partial charge in [0.05, 0.1) is 0 Å². The molecule has 0 aliphatic heterocycles. The van der Waals surface area contributed by atoms with Crippen LogP contribution >= 0.6 is 0 Å². The number of benzene rings is 1. The zero-order valence-corrected chi connectivity index (χ0v) is 15.1. The van der Waals surface area contributed by atoms with Crippen LogP contribution in [-0.2, 0) is 4.79 Å². The Kier molecular flexibility index (Phi) is 8.24. The molecule has 0 saturated carbocycles. The van der Waals surface area contributed by atoms with E-state index < -0.39 is 0 Å². The van der Waals surface area contributed by atoms with E-state index in [9.17, 15) is 9.18 Å². The third-order valence-corrected chi connectivity index (χ3v) is 4.54. The number of carbonyl (C=O) groups excluding carboxylic acids is 1. The van der Waals surface area contributed by atoms with Crippen molar-refractivity contribution < 1.29 is 9.18 Å². The monoisotopic (exact) mass is 322 g/mol. The Bertz CT molecular complexity index is 469. The molecule has 4 heteroatoms. The van der Waals surface area contributed by atoms with Crippen molar-refractivity contribution in [1.29, 1.82) is 0 Å². The van der Waals surface area contributed by atoms with Gasteiger partial charge in [0.1, 0.15) is 5.82 Å². The summed E-state index contributed by atoms with van der Waals surface area (Å²) in [5.41, 5.74) is 1.02. The summed E-state index contributed by atoms with van der Waals surface area (Å²) in [7, 11) is 0. The zero-order valence-electron chi connectivity index (χ0n) is 15.1. The summed E-state index contributed by atoms with van der Waals surface area (Å²) in [4.78, 5) is 14.6. The van der Waals surface area contributed by atoms with E-state index in [2.05, 4.69) is 44.8 Å². The average molecular weight is 322 g/mol. The molecule has 1 N–H and O–H groups in total. The predicted octanol–water partition coefficient (Wildman–Crippen LogP) is 3.80. The van der Waals surface area contributed by atoms with Crippen molar-refractivity contribution in [2.75, 3.05) is 19.6 Å². The summed E-state index contributed by atoms with van der Waals surface area (Å²) in [6, 6.07) is 6.82. The molecule has 1 aromatic rings. The highest BCUT2D eigenvalue weighted by Crippen LogP contribution is 2.28. The molecule has 0 aliphatic carbocycles. The van der Waals surface area contributed by atoms with Gasteiger partial charge in [-0.15, -0.1) is 0 Å². The van der Waals surface area contributed by atoms with E-state index >= 15 is 0 Å². The number of carbonyl (C=O) groups is 1. The lowest BCUT2D eigenvalue weighted by atomic mass is 9.85. The topological polar surface area (TPSA) is 32.3 Å². The van der Waals surface area contributed by atoms with Crippen LogP contribution in [0, 0.1) is 11.7 Å². The third kappa shape index (κ3) is 6.30. The Balaban J connectivity index is 2.60. The summed E-state index contributed by atoms with van der Waals surface area (Å²) in [5, 5.41) is 3.04. The zero-order chi connectivity index (χ0) is 17.4. The summed E-state index contributed by atoms with van der Waals surface area (Å²) in [5.74, 6) is 0.256. The quantitative estimate of drug-likeness (QED) is 0.750. The molecular formula is C19H31FN2O. The molecule has 1 rings (SSSR count). The number of likely N-dealkylation sites (N-methyl/N-ethyl adjacent to an activating group) is 1. The first-order valence-electron chi connectivity index (χ1n) is 8.65. The van der Waals surface area contributed by atoms with Crippen molar-refractivity contribution in [2.24, 2.45) is 5.92 Å². The highest BCUT2D eigenvalue weighted by Gasteiger charge is 2.20. The van der Waals surface area contributed by atoms with Gasteiger partial charge in [0.15, 0.2) is 0 Å². The number of halogens is 1. The van der Waals surface area contributed by atoms with Crippen LogP contribution in [0.4, 0.5) is 4.39 Å². The molecule has 0 aliphatic rings. The van der Waals surface area contributed by atoms with Crippen LogP contribution in [0.15, 0.2) is 24.3 Å². The van der Waals surface area contributed by atoms with Gasteiger partial charge in [0.2, 0.25) is 5.91 Å². The third-order valence-electron chi connectivity index (χ3n) is 4.54. The Morgan fingerprint density at radius 2 is 1.70 bits per heavy atom. The number of rotatable bonds is 9. The molecule has 0 aromatic heterocycles. The summed E-state index contributed by atoms with van der Waals surface area (Å²) in [6.07, 6.45) is 0.439. The maximum atomic E-state index is 13.1. The minimum absolute atomic E-state index is 0.0621. The summed E-state index contributed by atoms with van der Waals surface area (Å²) < 4.78 is 13.1. The molecule has 2 atom stereocenters. The van der Waals surface area contributed by atoms with Gasteiger partial charge in [-0.05, 0) is 49.5 Å². The van der Waals surface area contributed by atoms with Crippen molar-refractivity contribution in [3.05, 3.63) is 35.6 Å². The van der Waals surface area contributed by atoms with Gasteiger partial charge < -0.3 is 5.32 Å². The van der Waals surface area contributed by atoms with E-state index in [-0.39, 0.29) is 17.6 Å². The molecule has 23 heavy (non-hydrogen) atoms. The van der Waals surface area contributed by atoms with Crippen LogP contribution in [0.2, 0.25) is 0 Å². The second-order valence-electron chi connectivity index (χ2n) is 6.48. The van der Waals surface area contributed by atoms with Crippen molar-refractivity contribution >= 4 is 5.91 Å². The second-order valence-corrected chi connectivity index (χ2v) is 6.48. The number of amides is 1. The SMILES string of the molecule is CCN(CC)C(C)CNC(=O)CC(c1ccc(F)cc1)C(C)C. The molecule has 0 radical (unpaired) electrons. The lowest BCUT2D eigenvalue weighted by Crippen LogP contribution is -2.42. The molecule has 0 spiro atoms. The van der Waals surface area contributed by atoms with Crippen molar-refractivity contribution in [3.63, 3.8) is 0 Å². The minimum Gasteiger partial charge on any atom is -0.355 e. The van der Waals surface area contributed by atoms with E-state index in [4.69, 9.17) is 0 Å². The van der Waals surface area contributed by atoms with Gasteiger partial charge in [-0.1, -0.05) is 39.8 Å². The molecular weight excluding hydrogens is 291 g/mol. The lowest BCUT2D eigenvalue weighted by molar-refractivity contribution is -0.121. The summed E-state index contributed by atoms with van der Waals surface area (Å²) >= 11 is 0. The fraction of sp³-hybridized carbons (Fsp3) is 0.632. The van der Waals surface area contributed by atoms with Crippen LogP contribution in [0.25, 0.3) is 0 Å². The largest absolute Gasteiger partial charge is 0.355 e. The molecule has 130 valence electrons. The molecule has 0 heterocycles. The highest BCUT2D eigenvalue weighted by molar-refractivity contribution is 5.77. The van der Waals surface area contributed by atoms with Gasteiger partial charge >= 0.3 is 0 Å². The number of nitrogens with zero attached hydrogens (tertiary/aromatic N) is 1. The predicted molar refractivity (Wildman–Crippen MR) is 94.0 cm³/mol. The first-order chi connectivity index (χ1) is 10.9. The standard InChI is InChI=1S/C19H31FN2O/c1-6-22(7-2)15(5)13-21-19(23)12-18(14(3)4)16-8-10-17(20)11-9-16/h8-11,14-15,18H,6-7,12-13H2,1-5H3,(H,21,23). The number of hydrogen-bond acceptors (Lipinski definition) is 2. The van der Waals surface area contributed by atoms with Crippen LogP contribution in [-0.4, -0.2) is 36.5 Å². The fourth-order valence-corrected chi connectivity index (χ4v) is 2.96. The van der Waals surface area contributed by atoms with Gasteiger partial charge in [0.25, 0.3) is 0 Å². The van der Waals surface area contributed by atoms with Crippen molar-refractivity contribution in [1.82, 2.24) is 10.2 Å². The highest BCUT2D eigenvalue weighted by atomic mass is 19.1. The van der Waals surface area contributed by atoms with Crippen LogP contribution in [0.1, 0.15) is 52.5 Å². The maximum Gasteiger partial charge on any atom is 0.220 e. The Morgan fingerprint density at radius 3 is 2.17 bits per heavy atom. The molecule has 1 aromatic carbocycles. The van der Waals surface area contributed by atoms with Gasteiger partial charge in [-0.25, -0.2) is 4.39 Å².